The van der Waals surface area contributed by atoms with Crippen molar-refractivity contribution in [3.05, 3.63) is 41.5 Å². The molecule has 1 fully saturated rings. The molecule has 164 valence electrons. The zero-order valence-electron chi connectivity index (χ0n) is 16.7. The lowest BCUT2D eigenvalue weighted by Gasteiger charge is -2.36. The van der Waals surface area contributed by atoms with Crippen molar-refractivity contribution < 1.29 is 21.9 Å². The summed E-state index contributed by atoms with van der Waals surface area (Å²) in [4.78, 5) is 8.34. The number of ether oxygens (including phenoxy) is 1. The van der Waals surface area contributed by atoms with Crippen LogP contribution in [0.1, 0.15) is 19.4 Å². The zero-order valence-corrected chi connectivity index (χ0v) is 18.4. The lowest BCUT2D eigenvalue weighted by atomic mass is 10.2. The van der Waals surface area contributed by atoms with Gasteiger partial charge in [-0.05, 0) is 19.9 Å². The highest BCUT2D eigenvalue weighted by Gasteiger charge is 2.32. The van der Waals surface area contributed by atoms with E-state index in [0.29, 0.717) is 13.1 Å². The second-order valence-electron chi connectivity index (χ2n) is 6.91. The Labute approximate surface area is 178 Å². The van der Waals surface area contributed by atoms with E-state index in [4.69, 9.17) is 4.74 Å². The second kappa shape index (κ2) is 9.41. The minimum atomic E-state index is -3.86. The molecule has 0 saturated carbocycles. The first kappa shape index (κ1) is 22.7. The molecule has 0 bridgehead atoms. The van der Waals surface area contributed by atoms with Crippen LogP contribution < -0.4 is 14.8 Å². The largest absolute Gasteiger partial charge is 0.481 e. The molecule has 1 aliphatic heterocycles. The number of benzene rings is 1. The molecule has 1 aromatic heterocycles. The number of thioether (sulfide) groups is 1. The number of methoxy groups -OCH3 is 1. The zero-order chi connectivity index (χ0) is 21.9. The van der Waals surface area contributed by atoms with Gasteiger partial charge in [0.1, 0.15) is 5.82 Å². The Kier molecular flexibility index (Phi) is 7.11. The first-order chi connectivity index (χ1) is 14.2. The van der Waals surface area contributed by atoms with E-state index >= 15 is 0 Å². The Bertz CT molecular complexity index is 1010. The number of rotatable bonds is 7. The molecule has 0 radical (unpaired) electrons. The van der Waals surface area contributed by atoms with Gasteiger partial charge in [0.2, 0.25) is 5.88 Å². The Balaban J connectivity index is 1.79. The third-order valence-electron chi connectivity index (χ3n) is 4.53. The molecular formula is C18H23F2N5O3S2. The first-order valence-electron chi connectivity index (χ1n) is 9.21. The van der Waals surface area contributed by atoms with Crippen molar-refractivity contribution in [2.45, 2.75) is 36.8 Å². The van der Waals surface area contributed by atoms with Gasteiger partial charge in [-0.2, -0.15) is 17.7 Å². The lowest BCUT2D eigenvalue weighted by molar-refractivity contribution is 0.246. The van der Waals surface area contributed by atoms with Crippen LogP contribution in [0.3, 0.4) is 0 Å². The highest BCUT2D eigenvalue weighted by atomic mass is 32.2. The molecule has 2 N–H and O–H groups in total. The standard InChI is InChI=1S/C18H23F2N5O3S2/c1-11-9-25(12(2)8-21-11)30(26,27)24-15-7-16(28-3)23-18(22-15)29-10-13-5-4-6-14(19)17(13)20/h4-7,11-12,21H,8-10H2,1-3H3,(H,22,23,24)/t11-,12-/m1/s1. The summed E-state index contributed by atoms with van der Waals surface area (Å²) >= 11 is 1.04. The van der Waals surface area contributed by atoms with Crippen LogP contribution >= 0.6 is 11.8 Å². The summed E-state index contributed by atoms with van der Waals surface area (Å²) in [5.74, 6) is -1.63. The van der Waals surface area contributed by atoms with Gasteiger partial charge in [-0.3, -0.25) is 4.72 Å². The summed E-state index contributed by atoms with van der Waals surface area (Å²) in [6.45, 7) is 4.57. The van der Waals surface area contributed by atoms with Crippen LogP contribution in [-0.2, 0) is 16.0 Å². The summed E-state index contributed by atoms with van der Waals surface area (Å²) < 4.78 is 62.0. The minimum Gasteiger partial charge on any atom is -0.481 e. The van der Waals surface area contributed by atoms with E-state index in [1.165, 1.54) is 29.6 Å². The fourth-order valence-electron chi connectivity index (χ4n) is 2.94. The number of nitrogens with zero attached hydrogens (tertiary/aromatic N) is 3. The van der Waals surface area contributed by atoms with Crippen molar-refractivity contribution in [1.82, 2.24) is 19.6 Å². The predicted octanol–water partition coefficient (Wildman–Crippen LogP) is 2.39. The lowest BCUT2D eigenvalue weighted by Crippen LogP contribution is -2.57. The van der Waals surface area contributed by atoms with Gasteiger partial charge < -0.3 is 10.1 Å². The molecule has 2 atom stereocenters. The second-order valence-corrected chi connectivity index (χ2v) is 9.48. The molecule has 12 heteroatoms. The summed E-state index contributed by atoms with van der Waals surface area (Å²) in [7, 11) is -2.47. The molecule has 1 saturated heterocycles. The average molecular weight is 460 g/mol. The number of aromatic nitrogens is 2. The fraction of sp³-hybridized carbons (Fsp3) is 0.444. The molecular weight excluding hydrogens is 436 g/mol. The van der Waals surface area contributed by atoms with E-state index in [1.54, 1.807) is 0 Å². The Morgan fingerprint density at radius 2 is 2.10 bits per heavy atom. The van der Waals surface area contributed by atoms with E-state index in [1.807, 2.05) is 13.8 Å². The molecule has 0 unspecified atom stereocenters. The van der Waals surface area contributed by atoms with Gasteiger partial charge in [-0.25, -0.2) is 13.8 Å². The van der Waals surface area contributed by atoms with Crippen LogP contribution in [0.2, 0.25) is 0 Å². The number of halogens is 2. The Morgan fingerprint density at radius 1 is 1.33 bits per heavy atom. The molecule has 1 aromatic carbocycles. The maximum Gasteiger partial charge on any atom is 0.303 e. The Hall–Kier alpha value is -2.02. The number of piperazine rings is 1. The van der Waals surface area contributed by atoms with Crippen LogP contribution in [0.5, 0.6) is 5.88 Å². The molecule has 0 aliphatic carbocycles. The number of hydrogen-bond donors (Lipinski definition) is 2. The fourth-order valence-corrected chi connectivity index (χ4v) is 5.22. The van der Waals surface area contributed by atoms with Crippen molar-refractivity contribution in [1.29, 1.82) is 0 Å². The summed E-state index contributed by atoms with van der Waals surface area (Å²) in [6.07, 6.45) is 0. The van der Waals surface area contributed by atoms with Gasteiger partial charge in [0.25, 0.3) is 0 Å². The van der Waals surface area contributed by atoms with Gasteiger partial charge in [0, 0.05) is 42.6 Å². The minimum absolute atomic E-state index is 0.0185. The van der Waals surface area contributed by atoms with Gasteiger partial charge in [0.15, 0.2) is 16.8 Å². The highest BCUT2D eigenvalue weighted by Crippen LogP contribution is 2.26. The van der Waals surface area contributed by atoms with Crippen molar-refractivity contribution in [3.63, 3.8) is 0 Å². The first-order valence-corrected chi connectivity index (χ1v) is 11.6. The van der Waals surface area contributed by atoms with E-state index in [0.717, 1.165) is 17.8 Å². The van der Waals surface area contributed by atoms with Crippen molar-refractivity contribution in [2.75, 3.05) is 24.9 Å². The number of anilines is 1. The van der Waals surface area contributed by atoms with Crippen LogP contribution in [0.4, 0.5) is 14.6 Å². The molecule has 3 rings (SSSR count). The highest BCUT2D eigenvalue weighted by molar-refractivity contribution is 7.98. The van der Waals surface area contributed by atoms with Gasteiger partial charge >= 0.3 is 10.2 Å². The SMILES string of the molecule is COc1cc(NS(=O)(=O)N2C[C@@H](C)NC[C@H]2C)nc(SCc2cccc(F)c2F)n1. The average Bonchev–Trinajstić information content (AvgIpc) is 2.70. The van der Waals surface area contributed by atoms with Crippen LogP contribution in [0.15, 0.2) is 29.4 Å². The monoisotopic (exact) mass is 459 g/mol. The van der Waals surface area contributed by atoms with Crippen LogP contribution in [0.25, 0.3) is 0 Å². The van der Waals surface area contributed by atoms with Crippen molar-refractivity contribution >= 4 is 27.8 Å². The summed E-state index contributed by atoms with van der Waals surface area (Å²) in [5, 5.41) is 3.39. The van der Waals surface area contributed by atoms with Crippen LogP contribution in [0, 0.1) is 11.6 Å². The smallest absolute Gasteiger partial charge is 0.303 e. The van der Waals surface area contributed by atoms with E-state index in [9.17, 15) is 17.2 Å². The van der Waals surface area contributed by atoms with E-state index < -0.39 is 21.8 Å². The topological polar surface area (TPSA) is 96.5 Å². The maximum absolute atomic E-state index is 13.9. The summed E-state index contributed by atoms with van der Waals surface area (Å²) in [5.41, 5.74) is 0.150. The van der Waals surface area contributed by atoms with Gasteiger partial charge in [-0.15, -0.1) is 0 Å². The van der Waals surface area contributed by atoms with Crippen molar-refractivity contribution in [2.24, 2.45) is 0 Å². The number of hydrogen-bond acceptors (Lipinski definition) is 7. The third-order valence-corrected chi connectivity index (χ3v) is 7.02. The third kappa shape index (κ3) is 5.36. The number of nitrogens with one attached hydrogen (secondary N) is 2. The van der Waals surface area contributed by atoms with Crippen molar-refractivity contribution in [3.8, 4) is 5.88 Å². The molecule has 30 heavy (non-hydrogen) atoms. The van der Waals surface area contributed by atoms with Gasteiger partial charge in [0.05, 0.1) is 7.11 Å². The van der Waals surface area contributed by atoms with Crippen LogP contribution in [-0.4, -0.2) is 55.0 Å². The van der Waals surface area contributed by atoms with E-state index in [2.05, 4.69) is 20.0 Å². The normalized spacial score (nSPS) is 20.2. The summed E-state index contributed by atoms with van der Waals surface area (Å²) in [6, 6.07) is 5.06. The maximum atomic E-state index is 13.9. The molecule has 0 spiro atoms. The molecule has 0 amide bonds. The Morgan fingerprint density at radius 3 is 2.83 bits per heavy atom. The quantitative estimate of drug-likeness (QED) is 0.485. The van der Waals surface area contributed by atoms with E-state index in [-0.39, 0.29) is 40.3 Å². The molecule has 8 nitrogen and oxygen atoms in total. The molecule has 1 aliphatic rings. The van der Waals surface area contributed by atoms with Gasteiger partial charge in [-0.1, -0.05) is 23.9 Å². The molecule has 2 heterocycles. The molecule has 2 aromatic rings. The predicted molar refractivity (Wildman–Crippen MR) is 111 cm³/mol.